The van der Waals surface area contributed by atoms with Crippen molar-refractivity contribution in [1.82, 2.24) is 0 Å². The zero-order valence-corrected chi connectivity index (χ0v) is 20.8. The molecule has 0 saturated carbocycles. The molecule has 6 heteroatoms. The lowest BCUT2D eigenvalue weighted by atomic mass is 9.66. The number of esters is 1. The topological polar surface area (TPSA) is 54.0 Å². The van der Waals surface area contributed by atoms with Crippen LogP contribution in [0.3, 0.4) is 0 Å². The van der Waals surface area contributed by atoms with Crippen LogP contribution in [0.15, 0.2) is 12.1 Å². The molecular formula is C22H35IO5. The average molecular weight is 506 g/mol. The molecule has 0 aliphatic rings. The normalized spacial score (nSPS) is 16.1. The molecule has 3 atom stereocenters. The number of ether oxygens (including phenoxy) is 4. The Bertz CT molecular complexity index is 668. The lowest BCUT2D eigenvalue weighted by Gasteiger charge is -2.39. The van der Waals surface area contributed by atoms with Crippen LogP contribution in [0.5, 0.6) is 11.5 Å². The molecule has 0 bridgehead atoms. The Morgan fingerprint density at radius 3 is 2.18 bits per heavy atom. The number of carbonyl (C=O) groups excluding carboxylic acids is 1. The van der Waals surface area contributed by atoms with Gasteiger partial charge in [-0.05, 0) is 68.2 Å². The van der Waals surface area contributed by atoms with Crippen molar-refractivity contribution in [2.24, 2.45) is 10.8 Å². The Morgan fingerprint density at radius 2 is 1.71 bits per heavy atom. The minimum Gasteiger partial charge on any atom is -0.496 e. The lowest BCUT2D eigenvalue weighted by molar-refractivity contribution is -0.167. The molecular weight excluding hydrogens is 471 g/mol. The second kappa shape index (κ2) is 10.1. The van der Waals surface area contributed by atoms with Gasteiger partial charge in [0.2, 0.25) is 0 Å². The Hall–Kier alpha value is -1.02. The number of carbonyl (C=O) groups is 1. The van der Waals surface area contributed by atoms with E-state index in [1.165, 1.54) is 0 Å². The number of rotatable bonds is 9. The van der Waals surface area contributed by atoms with Crippen molar-refractivity contribution >= 4 is 28.6 Å². The van der Waals surface area contributed by atoms with E-state index >= 15 is 0 Å². The van der Waals surface area contributed by atoms with Crippen molar-refractivity contribution in [2.45, 2.75) is 74.2 Å². The maximum absolute atomic E-state index is 13.0. The zero-order valence-electron chi connectivity index (χ0n) is 18.6. The summed E-state index contributed by atoms with van der Waals surface area (Å²) in [4.78, 5) is 13.0. The molecule has 0 saturated heterocycles. The van der Waals surface area contributed by atoms with Gasteiger partial charge in [0, 0.05) is 18.2 Å². The van der Waals surface area contributed by atoms with E-state index in [0.29, 0.717) is 24.5 Å². The van der Waals surface area contributed by atoms with Gasteiger partial charge in [-0.15, -0.1) is 0 Å². The average Bonchev–Trinajstić information content (AvgIpc) is 2.61. The van der Waals surface area contributed by atoms with Gasteiger partial charge in [-0.1, -0.05) is 27.7 Å². The second-order valence-corrected chi connectivity index (χ2v) is 9.31. The summed E-state index contributed by atoms with van der Waals surface area (Å²) in [5, 5.41) is 0. The molecule has 0 aliphatic carbocycles. The SMILES string of the molecule is CCOC(C)Oc1cc(OC)c(C(C)OC(=O)C(C)(CC)C(C)(C)C)cc1I. The molecule has 0 spiro atoms. The monoisotopic (exact) mass is 506 g/mol. The first kappa shape index (κ1) is 25.0. The van der Waals surface area contributed by atoms with Crippen molar-refractivity contribution in [3.05, 3.63) is 21.3 Å². The van der Waals surface area contributed by atoms with Gasteiger partial charge in [0.25, 0.3) is 0 Å². The maximum atomic E-state index is 13.0. The van der Waals surface area contributed by atoms with Crippen molar-refractivity contribution < 1.29 is 23.7 Å². The molecule has 0 radical (unpaired) electrons. The largest absolute Gasteiger partial charge is 0.496 e. The van der Waals surface area contributed by atoms with Gasteiger partial charge in [0.05, 0.1) is 16.1 Å². The van der Waals surface area contributed by atoms with Gasteiger partial charge >= 0.3 is 5.97 Å². The lowest BCUT2D eigenvalue weighted by Crippen LogP contribution is -2.41. The predicted molar refractivity (Wildman–Crippen MR) is 120 cm³/mol. The van der Waals surface area contributed by atoms with E-state index in [4.69, 9.17) is 18.9 Å². The summed E-state index contributed by atoms with van der Waals surface area (Å²) in [5.74, 6) is 1.10. The van der Waals surface area contributed by atoms with Gasteiger partial charge in [-0.25, -0.2) is 0 Å². The van der Waals surface area contributed by atoms with E-state index in [9.17, 15) is 4.79 Å². The maximum Gasteiger partial charge on any atom is 0.312 e. The molecule has 0 aromatic heterocycles. The first-order valence-electron chi connectivity index (χ1n) is 9.78. The highest BCUT2D eigenvalue weighted by Crippen LogP contribution is 2.44. The van der Waals surface area contributed by atoms with Gasteiger partial charge in [-0.3, -0.25) is 4.79 Å². The van der Waals surface area contributed by atoms with Crippen molar-refractivity contribution in [1.29, 1.82) is 0 Å². The quantitative estimate of drug-likeness (QED) is 0.229. The van der Waals surface area contributed by atoms with Crippen LogP contribution >= 0.6 is 22.6 Å². The summed E-state index contributed by atoms with van der Waals surface area (Å²) in [6, 6.07) is 3.76. The molecule has 1 aromatic carbocycles. The molecule has 0 N–H and O–H groups in total. The summed E-state index contributed by atoms with van der Waals surface area (Å²) in [7, 11) is 1.60. The summed E-state index contributed by atoms with van der Waals surface area (Å²) in [6.45, 7) is 16.4. The van der Waals surface area contributed by atoms with Crippen LogP contribution in [0.25, 0.3) is 0 Å². The number of halogens is 1. The minimum atomic E-state index is -0.572. The van der Waals surface area contributed by atoms with E-state index in [0.717, 1.165) is 9.13 Å². The number of benzene rings is 1. The van der Waals surface area contributed by atoms with E-state index in [1.54, 1.807) is 7.11 Å². The Kier molecular flexibility index (Phi) is 9.06. The molecule has 28 heavy (non-hydrogen) atoms. The fourth-order valence-electron chi connectivity index (χ4n) is 2.92. The minimum absolute atomic E-state index is 0.197. The Labute approximate surface area is 183 Å². The number of hydrogen-bond acceptors (Lipinski definition) is 5. The van der Waals surface area contributed by atoms with Gasteiger partial charge in [0.1, 0.15) is 17.6 Å². The highest BCUT2D eigenvalue weighted by Gasteiger charge is 2.44. The molecule has 0 heterocycles. The van der Waals surface area contributed by atoms with Crippen molar-refractivity contribution in [2.75, 3.05) is 13.7 Å². The van der Waals surface area contributed by atoms with Crippen LogP contribution in [0.4, 0.5) is 0 Å². The van der Waals surface area contributed by atoms with E-state index in [-0.39, 0.29) is 17.7 Å². The fourth-order valence-corrected chi connectivity index (χ4v) is 3.54. The zero-order chi connectivity index (χ0) is 21.7. The first-order valence-corrected chi connectivity index (χ1v) is 10.9. The van der Waals surface area contributed by atoms with Crippen LogP contribution < -0.4 is 9.47 Å². The summed E-state index contributed by atoms with van der Waals surface area (Å²) in [5.41, 5.74) is 0.0333. The van der Waals surface area contributed by atoms with Crippen LogP contribution in [0.1, 0.15) is 73.5 Å². The smallest absolute Gasteiger partial charge is 0.312 e. The molecule has 1 aromatic rings. The van der Waals surface area contributed by atoms with Gasteiger partial charge in [0.15, 0.2) is 6.29 Å². The third-order valence-corrected chi connectivity index (χ3v) is 6.36. The van der Waals surface area contributed by atoms with Crippen LogP contribution in [0, 0.1) is 14.4 Å². The predicted octanol–water partition coefficient (Wildman–Crippen LogP) is 6.13. The molecule has 1 rings (SSSR count). The van der Waals surface area contributed by atoms with Crippen LogP contribution in [-0.4, -0.2) is 26.0 Å². The fraction of sp³-hybridized carbons (Fsp3) is 0.682. The van der Waals surface area contributed by atoms with E-state index < -0.39 is 11.5 Å². The van der Waals surface area contributed by atoms with Gasteiger partial charge in [-0.2, -0.15) is 0 Å². The number of methoxy groups -OCH3 is 1. The summed E-state index contributed by atoms with van der Waals surface area (Å²) >= 11 is 2.21. The van der Waals surface area contributed by atoms with Crippen molar-refractivity contribution in [3.8, 4) is 11.5 Å². The Morgan fingerprint density at radius 1 is 1.11 bits per heavy atom. The first-order chi connectivity index (χ1) is 12.9. The summed E-state index contributed by atoms with van der Waals surface area (Å²) in [6.07, 6.45) is -0.0948. The Balaban J connectivity index is 3.12. The molecule has 160 valence electrons. The molecule has 0 aliphatic heterocycles. The van der Waals surface area contributed by atoms with Gasteiger partial charge < -0.3 is 18.9 Å². The highest BCUT2D eigenvalue weighted by atomic mass is 127. The van der Waals surface area contributed by atoms with E-state index in [1.807, 2.05) is 46.8 Å². The molecule has 5 nitrogen and oxygen atoms in total. The number of hydrogen-bond donors (Lipinski definition) is 0. The molecule has 0 amide bonds. The summed E-state index contributed by atoms with van der Waals surface area (Å²) < 4.78 is 23.6. The molecule has 0 fully saturated rings. The van der Waals surface area contributed by atoms with Crippen molar-refractivity contribution in [3.63, 3.8) is 0 Å². The highest BCUT2D eigenvalue weighted by molar-refractivity contribution is 14.1. The molecule has 3 unspecified atom stereocenters. The van der Waals surface area contributed by atoms with E-state index in [2.05, 4.69) is 43.4 Å². The van der Waals surface area contributed by atoms with Crippen LogP contribution in [0.2, 0.25) is 0 Å². The second-order valence-electron chi connectivity index (χ2n) is 8.15. The third kappa shape index (κ3) is 5.75. The third-order valence-electron chi connectivity index (χ3n) is 5.51. The standard InChI is InChI=1S/C22H35IO5/c1-10-22(8,21(5,6)7)20(24)27-14(3)16-12-17(23)19(13-18(16)25-9)28-15(4)26-11-2/h12-15H,10-11H2,1-9H3. The van der Waals surface area contributed by atoms with Crippen LogP contribution in [-0.2, 0) is 14.3 Å².